The molecule has 1 fully saturated rings. The van der Waals surface area contributed by atoms with E-state index in [-0.39, 0.29) is 0 Å². The van der Waals surface area contributed by atoms with Crippen molar-refractivity contribution in [3.05, 3.63) is 36.0 Å². The Morgan fingerprint density at radius 1 is 1.30 bits per heavy atom. The van der Waals surface area contributed by atoms with Crippen LogP contribution >= 0.6 is 11.8 Å². The predicted octanol–water partition coefficient (Wildman–Crippen LogP) is 4.04. The van der Waals surface area contributed by atoms with Crippen LogP contribution in [0.5, 0.6) is 0 Å². The maximum absolute atomic E-state index is 3.58. The van der Waals surface area contributed by atoms with Gasteiger partial charge in [0, 0.05) is 30.8 Å². The van der Waals surface area contributed by atoms with Gasteiger partial charge in [-0.2, -0.15) is 11.8 Å². The van der Waals surface area contributed by atoms with Gasteiger partial charge in [-0.3, -0.25) is 0 Å². The first-order chi connectivity index (χ1) is 9.86. The van der Waals surface area contributed by atoms with Gasteiger partial charge in [0.25, 0.3) is 0 Å². The molecular formula is C17H24N2S. The highest BCUT2D eigenvalue weighted by Crippen LogP contribution is 2.21. The minimum atomic E-state index is 0.784. The molecule has 1 aromatic heterocycles. The van der Waals surface area contributed by atoms with Crippen molar-refractivity contribution in [2.24, 2.45) is 0 Å². The molecule has 1 N–H and O–H groups in total. The Hall–Kier alpha value is -0.930. The molecule has 108 valence electrons. The van der Waals surface area contributed by atoms with Crippen molar-refractivity contribution >= 4 is 22.7 Å². The van der Waals surface area contributed by atoms with Crippen LogP contribution in [0.4, 0.5) is 0 Å². The summed E-state index contributed by atoms with van der Waals surface area (Å²) in [6.07, 6.45) is 6.20. The average Bonchev–Trinajstić information content (AvgIpc) is 3.22. The molecule has 1 saturated carbocycles. The van der Waals surface area contributed by atoms with Crippen LogP contribution in [0, 0.1) is 0 Å². The van der Waals surface area contributed by atoms with Crippen LogP contribution < -0.4 is 5.32 Å². The number of nitrogens with zero attached hydrogens (tertiary/aromatic N) is 1. The predicted molar refractivity (Wildman–Crippen MR) is 89.4 cm³/mol. The number of rotatable bonds is 8. The van der Waals surface area contributed by atoms with Crippen molar-refractivity contribution in [2.75, 3.05) is 11.5 Å². The summed E-state index contributed by atoms with van der Waals surface area (Å²) in [5, 5.41) is 4.96. The second-order valence-corrected chi connectivity index (χ2v) is 7.00. The van der Waals surface area contributed by atoms with E-state index in [9.17, 15) is 0 Å². The van der Waals surface area contributed by atoms with E-state index in [2.05, 4.69) is 47.3 Å². The van der Waals surface area contributed by atoms with E-state index in [0.717, 1.165) is 19.1 Å². The van der Waals surface area contributed by atoms with Gasteiger partial charge in [0.1, 0.15) is 0 Å². The number of fused-ring (bicyclic) bond motifs is 1. The minimum absolute atomic E-state index is 0.784. The monoisotopic (exact) mass is 288 g/mol. The zero-order valence-electron chi connectivity index (χ0n) is 12.3. The van der Waals surface area contributed by atoms with Crippen molar-refractivity contribution in [3.8, 4) is 0 Å². The SMILES string of the molecule is CCSCCCn1ccc2cc(CNC3CC3)ccc21. The van der Waals surface area contributed by atoms with E-state index in [4.69, 9.17) is 0 Å². The van der Waals surface area contributed by atoms with Crippen molar-refractivity contribution in [1.29, 1.82) is 0 Å². The van der Waals surface area contributed by atoms with E-state index in [1.165, 1.54) is 47.2 Å². The summed E-state index contributed by atoms with van der Waals surface area (Å²) in [4.78, 5) is 0. The number of thioether (sulfide) groups is 1. The first kappa shape index (κ1) is 14.0. The van der Waals surface area contributed by atoms with Crippen LogP contribution in [-0.4, -0.2) is 22.1 Å². The summed E-state index contributed by atoms with van der Waals surface area (Å²) >= 11 is 2.03. The third-order valence-corrected chi connectivity index (χ3v) is 4.89. The van der Waals surface area contributed by atoms with Gasteiger partial charge >= 0.3 is 0 Å². The lowest BCUT2D eigenvalue weighted by molar-refractivity contribution is 0.688. The summed E-state index contributed by atoms with van der Waals surface area (Å²) in [6, 6.07) is 9.93. The first-order valence-corrected chi connectivity index (χ1v) is 8.91. The van der Waals surface area contributed by atoms with Crippen LogP contribution in [0.1, 0.15) is 31.7 Å². The average molecular weight is 288 g/mol. The summed E-state index contributed by atoms with van der Waals surface area (Å²) < 4.78 is 2.39. The van der Waals surface area contributed by atoms with E-state index in [0.29, 0.717) is 0 Å². The maximum Gasteiger partial charge on any atom is 0.0480 e. The Morgan fingerprint density at radius 3 is 3.00 bits per heavy atom. The lowest BCUT2D eigenvalue weighted by Gasteiger charge is -2.07. The molecule has 1 aliphatic carbocycles. The normalized spacial score (nSPS) is 15.1. The fourth-order valence-electron chi connectivity index (χ4n) is 2.59. The Bertz CT molecular complexity index is 557. The van der Waals surface area contributed by atoms with Gasteiger partial charge in [-0.05, 0) is 59.9 Å². The molecule has 0 spiro atoms. The molecule has 0 aliphatic heterocycles. The molecule has 0 radical (unpaired) electrons. The molecule has 1 aliphatic rings. The third-order valence-electron chi connectivity index (χ3n) is 3.90. The van der Waals surface area contributed by atoms with E-state index in [1.54, 1.807) is 0 Å². The molecular weight excluding hydrogens is 264 g/mol. The van der Waals surface area contributed by atoms with Crippen LogP contribution in [0.3, 0.4) is 0 Å². The highest BCUT2D eigenvalue weighted by Gasteiger charge is 2.19. The highest BCUT2D eigenvalue weighted by atomic mass is 32.2. The van der Waals surface area contributed by atoms with Crippen LogP contribution in [0.2, 0.25) is 0 Å². The van der Waals surface area contributed by atoms with Crippen LogP contribution in [0.15, 0.2) is 30.5 Å². The zero-order chi connectivity index (χ0) is 13.8. The summed E-state index contributed by atoms with van der Waals surface area (Å²) in [5.74, 6) is 2.49. The lowest BCUT2D eigenvalue weighted by Crippen LogP contribution is -2.15. The summed E-state index contributed by atoms with van der Waals surface area (Å²) in [7, 11) is 0. The first-order valence-electron chi connectivity index (χ1n) is 7.75. The Balaban J connectivity index is 1.62. The van der Waals surface area contributed by atoms with E-state index in [1.807, 2.05) is 11.8 Å². The fraction of sp³-hybridized carbons (Fsp3) is 0.529. The zero-order valence-corrected chi connectivity index (χ0v) is 13.1. The molecule has 2 nitrogen and oxygen atoms in total. The second-order valence-electron chi connectivity index (χ2n) is 5.61. The Kier molecular flexibility index (Phi) is 4.69. The summed E-state index contributed by atoms with van der Waals surface area (Å²) in [6.45, 7) is 4.38. The standard InChI is InChI=1S/C17H24N2S/c1-2-20-11-3-9-19-10-8-15-12-14(4-7-17(15)19)13-18-16-5-6-16/h4,7-8,10,12,16,18H,2-3,5-6,9,11,13H2,1H3. The van der Waals surface area contributed by atoms with Crippen molar-refractivity contribution < 1.29 is 0 Å². The molecule has 1 aromatic carbocycles. The number of aryl methyl sites for hydroxylation is 1. The molecule has 3 rings (SSSR count). The number of nitrogens with one attached hydrogen (secondary N) is 1. The van der Waals surface area contributed by atoms with Gasteiger partial charge < -0.3 is 9.88 Å². The molecule has 0 atom stereocenters. The third kappa shape index (κ3) is 3.58. The molecule has 3 heteroatoms. The molecule has 0 amide bonds. The minimum Gasteiger partial charge on any atom is -0.347 e. The maximum atomic E-state index is 3.58. The lowest BCUT2D eigenvalue weighted by atomic mass is 10.1. The van der Waals surface area contributed by atoms with Gasteiger partial charge in [0.15, 0.2) is 0 Å². The number of hydrogen-bond acceptors (Lipinski definition) is 2. The van der Waals surface area contributed by atoms with Crippen LogP contribution in [-0.2, 0) is 13.1 Å². The second kappa shape index (κ2) is 6.68. The summed E-state index contributed by atoms with van der Waals surface area (Å²) in [5.41, 5.74) is 2.78. The molecule has 0 unspecified atom stereocenters. The number of benzene rings is 1. The van der Waals surface area contributed by atoms with Crippen molar-refractivity contribution in [1.82, 2.24) is 9.88 Å². The fourth-order valence-corrected chi connectivity index (χ4v) is 3.21. The molecule has 0 saturated heterocycles. The largest absolute Gasteiger partial charge is 0.347 e. The van der Waals surface area contributed by atoms with Gasteiger partial charge in [0.2, 0.25) is 0 Å². The Morgan fingerprint density at radius 2 is 2.20 bits per heavy atom. The van der Waals surface area contributed by atoms with Gasteiger partial charge in [-0.1, -0.05) is 13.0 Å². The van der Waals surface area contributed by atoms with Crippen molar-refractivity contribution in [3.63, 3.8) is 0 Å². The molecule has 20 heavy (non-hydrogen) atoms. The Labute approximate surface area is 125 Å². The van der Waals surface area contributed by atoms with Crippen LogP contribution in [0.25, 0.3) is 10.9 Å². The molecule has 1 heterocycles. The smallest absolute Gasteiger partial charge is 0.0480 e. The topological polar surface area (TPSA) is 17.0 Å². The van der Waals surface area contributed by atoms with E-state index >= 15 is 0 Å². The molecule has 0 bridgehead atoms. The van der Waals surface area contributed by atoms with Crippen molar-refractivity contribution in [2.45, 2.75) is 45.3 Å². The highest BCUT2D eigenvalue weighted by molar-refractivity contribution is 7.99. The molecule has 2 aromatic rings. The quantitative estimate of drug-likeness (QED) is 0.738. The van der Waals surface area contributed by atoms with E-state index < -0.39 is 0 Å². The van der Waals surface area contributed by atoms with Gasteiger partial charge in [0.05, 0.1) is 0 Å². The van der Waals surface area contributed by atoms with Gasteiger partial charge in [-0.25, -0.2) is 0 Å². The number of hydrogen-bond donors (Lipinski definition) is 1. The number of aromatic nitrogens is 1. The van der Waals surface area contributed by atoms with Gasteiger partial charge in [-0.15, -0.1) is 0 Å².